The van der Waals surface area contributed by atoms with Crippen molar-refractivity contribution >= 4 is 0 Å². The van der Waals surface area contributed by atoms with E-state index in [1.54, 1.807) is 6.20 Å². The van der Waals surface area contributed by atoms with Crippen LogP contribution in [0.25, 0.3) is 5.82 Å². The molecule has 2 heterocycles. The van der Waals surface area contributed by atoms with E-state index < -0.39 is 0 Å². The number of hydrogen-bond donors (Lipinski definition) is 1. The fourth-order valence-electron chi connectivity index (χ4n) is 1.89. The maximum atomic E-state index is 4.48. The molecule has 0 aliphatic carbocycles. The van der Waals surface area contributed by atoms with Gasteiger partial charge in [0.15, 0.2) is 5.82 Å². The van der Waals surface area contributed by atoms with Crippen molar-refractivity contribution in [1.29, 1.82) is 0 Å². The smallest absolute Gasteiger partial charge is 0.172 e. The molecule has 19 heavy (non-hydrogen) atoms. The van der Waals surface area contributed by atoms with Gasteiger partial charge in [-0.2, -0.15) is 5.10 Å². The monoisotopic (exact) mass is 259 g/mol. The molecular weight excluding hydrogens is 238 g/mol. The number of aromatic nitrogens is 4. The van der Waals surface area contributed by atoms with E-state index in [4.69, 9.17) is 0 Å². The minimum Gasteiger partial charge on any atom is -0.311 e. The Bertz CT molecular complexity index is 542. The topological polar surface area (TPSA) is 55.6 Å². The van der Waals surface area contributed by atoms with Crippen LogP contribution in [0.1, 0.15) is 36.0 Å². The highest BCUT2D eigenvalue weighted by Gasteiger charge is 2.10. The summed E-state index contributed by atoms with van der Waals surface area (Å²) in [5.74, 6) is 0.771. The predicted octanol–water partition coefficient (Wildman–Crippen LogP) is 2.09. The molecule has 0 bridgehead atoms. The van der Waals surface area contributed by atoms with Crippen molar-refractivity contribution in [2.75, 3.05) is 6.54 Å². The summed E-state index contributed by atoms with van der Waals surface area (Å²) in [5.41, 5.74) is 4.31. The summed E-state index contributed by atoms with van der Waals surface area (Å²) >= 11 is 0. The van der Waals surface area contributed by atoms with Crippen molar-refractivity contribution in [3.05, 3.63) is 35.0 Å². The summed E-state index contributed by atoms with van der Waals surface area (Å²) in [4.78, 5) is 8.86. The summed E-state index contributed by atoms with van der Waals surface area (Å²) in [6.45, 7) is 10.0. The van der Waals surface area contributed by atoms with Crippen molar-refractivity contribution in [1.82, 2.24) is 25.1 Å². The van der Waals surface area contributed by atoms with E-state index in [9.17, 15) is 0 Å². The molecule has 0 aliphatic rings. The Morgan fingerprint density at radius 3 is 2.47 bits per heavy atom. The van der Waals surface area contributed by atoms with E-state index in [2.05, 4.69) is 34.2 Å². The van der Waals surface area contributed by atoms with E-state index in [1.165, 1.54) is 5.56 Å². The van der Waals surface area contributed by atoms with Crippen molar-refractivity contribution in [2.45, 2.75) is 40.7 Å². The average molecular weight is 259 g/mol. The summed E-state index contributed by atoms with van der Waals surface area (Å²) < 4.78 is 1.85. The highest BCUT2D eigenvalue weighted by Crippen LogP contribution is 2.14. The zero-order valence-electron chi connectivity index (χ0n) is 12.1. The molecule has 5 nitrogen and oxygen atoms in total. The van der Waals surface area contributed by atoms with Crippen molar-refractivity contribution in [2.24, 2.45) is 0 Å². The summed E-state index contributed by atoms with van der Waals surface area (Å²) in [7, 11) is 0. The largest absolute Gasteiger partial charge is 0.311 e. The lowest BCUT2D eigenvalue weighted by molar-refractivity contribution is 0.660. The average Bonchev–Trinajstić information content (AvgIpc) is 2.68. The molecule has 102 valence electrons. The van der Waals surface area contributed by atoms with Gasteiger partial charge in [-0.05, 0) is 39.3 Å². The van der Waals surface area contributed by atoms with E-state index in [-0.39, 0.29) is 0 Å². The molecule has 0 spiro atoms. The van der Waals surface area contributed by atoms with Crippen LogP contribution >= 0.6 is 0 Å². The maximum absolute atomic E-state index is 4.48. The van der Waals surface area contributed by atoms with Gasteiger partial charge >= 0.3 is 0 Å². The van der Waals surface area contributed by atoms with Gasteiger partial charge in [-0.25, -0.2) is 9.67 Å². The lowest BCUT2D eigenvalue weighted by atomic mass is 10.2. The first-order valence-electron chi connectivity index (χ1n) is 6.68. The number of nitrogens with zero attached hydrogens (tertiary/aromatic N) is 4. The van der Waals surface area contributed by atoms with Gasteiger partial charge in [0.25, 0.3) is 0 Å². The van der Waals surface area contributed by atoms with Crippen LogP contribution in [0.15, 0.2) is 12.4 Å². The molecule has 2 aromatic heterocycles. The van der Waals surface area contributed by atoms with Gasteiger partial charge in [0, 0.05) is 12.2 Å². The molecule has 0 aromatic carbocycles. The van der Waals surface area contributed by atoms with E-state index in [0.29, 0.717) is 0 Å². The Kier molecular flexibility index (Phi) is 4.27. The number of rotatable bonds is 5. The fraction of sp³-hybridized carbons (Fsp3) is 0.500. The third-order valence-electron chi connectivity index (χ3n) is 3.29. The summed E-state index contributed by atoms with van der Waals surface area (Å²) in [6.07, 6.45) is 4.71. The molecule has 0 unspecified atom stereocenters. The number of aryl methyl sites for hydroxylation is 1. The highest BCUT2D eigenvalue weighted by atomic mass is 15.3. The standard InChI is InChI=1S/C14H21N5/c1-5-6-15-7-13-8-17-14(9-16-13)19-12(4)10(2)11(3)18-19/h8-9,15H,5-7H2,1-4H3. The summed E-state index contributed by atoms with van der Waals surface area (Å²) in [5, 5.41) is 7.79. The third-order valence-corrected chi connectivity index (χ3v) is 3.29. The van der Waals surface area contributed by atoms with Gasteiger partial charge in [0.05, 0.1) is 23.8 Å². The van der Waals surface area contributed by atoms with Crippen LogP contribution in [-0.2, 0) is 6.54 Å². The molecule has 0 saturated carbocycles. The number of nitrogens with one attached hydrogen (secondary N) is 1. The molecule has 2 aromatic rings. The summed E-state index contributed by atoms with van der Waals surface area (Å²) in [6, 6.07) is 0. The maximum Gasteiger partial charge on any atom is 0.172 e. The minimum atomic E-state index is 0.761. The van der Waals surface area contributed by atoms with Gasteiger partial charge in [-0.15, -0.1) is 0 Å². The SMILES string of the molecule is CCCNCc1cnc(-n2nc(C)c(C)c2C)cn1. The second-order valence-corrected chi connectivity index (χ2v) is 4.75. The molecule has 0 fully saturated rings. The van der Waals surface area contributed by atoms with Crippen LogP contribution in [0.2, 0.25) is 0 Å². The van der Waals surface area contributed by atoms with Crippen LogP contribution < -0.4 is 5.32 Å². The molecule has 2 rings (SSSR count). The Morgan fingerprint density at radius 2 is 1.95 bits per heavy atom. The molecule has 5 heteroatoms. The van der Waals surface area contributed by atoms with Crippen LogP contribution in [-0.4, -0.2) is 26.3 Å². The van der Waals surface area contributed by atoms with E-state index in [0.717, 1.165) is 42.4 Å². The second kappa shape index (κ2) is 5.93. The molecule has 1 N–H and O–H groups in total. The van der Waals surface area contributed by atoms with Gasteiger partial charge in [-0.1, -0.05) is 6.92 Å². The van der Waals surface area contributed by atoms with Crippen LogP contribution in [0, 0.1) is 20.8 Å². The Hall–Kier alpha value is -1.75. The molecule has 0 radical (unpaired) electrons. The quantitative estimate of drug-likeness (QED) is 0.835. The minimum absolute atomic E-state index is 0.761. The van der Waals surface area contributed by atoms with Crippen molar-refractivity contribution in [3.63, 3.8) is 0 Å². The first kappa shape index (κ1) is 13.7. The fourth-order valence-corrected chi connectivity index (χ4v) is 1.89. The highest BCUT2D eigenvalue weighted by molar-refractivity contribution is 5.30. The Labute approximate surface area is 114 Å². The predicted molar refractivity (Wildman–Crippen MR) is 75.4 cm³/mol. The zero-order valence-corrected chi connectivity index (χ0v) is 12.1. The normalized spacial score (nSPS) is 10.9. The van der Waals surface area contributed by atoms with Crippen LogP contribution in [0.5, 0.6) is 0 Å². The van der Waals surface area contributed by atoms with Crippen LogP contribution in [0.3, 0.4) is 0 Å². The third kappa shape index (κ3) is 2.98. The number of hydrogen-bond acceptors (Lipinski definition) is 4. The van der Waals surface area contributed by atoms with Crippen molar-refractivity contribution in [3.8, 4) is 5.82 Å². The molecule has 0 amide bonds. The van der Waals surface area contributed by atoms with E-state index in [1.807, 2.05) is 24.7 Å². The first-order chi connectivity index (χ1) is 9.13. The lowest BCUT2D eigenvalue weighted by Crippen LogP contribution is -2.15. The molecule has 0 atom stereocenters. The van der Waals surface area contributed by atoms with Crippen LogP contribution in [0.4, 0.5) is 0 Å². The first-order valence-corrected chi connectivity index (χ1v) is 6.68. The molecule has 0 aliphatic heterocycles. The zero-order chi connectivity index (χ0) is 13.8. The second-order valence-electron chi connectivity index (χ2n) is 4.75. The Balaban J connectivity index is 2.15. The van der Waals surface area contributed by atoms with Crippen molar-refractivity contribution < 1.29 is 0 Å². The Morgan fingerprint density at radius 1 is 1.16 bits per heavy atom. The molecular formula is C14H21N5. The van der Waals surface area contributed by atoms with Gasteiger partial charge in [0.2, 0.25) is 0 Å². The lowest BCUT2D eigenvalue weighted by Gasteiger charge is -2.05. The van der Waals surface area contributed by atoms with Gasteiger partial charge in [0.1, 0.15) is 0 Å². The van der Waals surface area contributed by atoms with E-state index >= 15 is 0 Å². The molecule has 0 saturated heterocycles. The van der Waals surface area contributed by atoms with Gasteiger partial charge < -0.3 is 5.32 Å². The van der Waals surface area contributed by atoms with Gasteiger partial charge in [-0.3, -0.25) is 4.98 Å².